The molecule has 0 fully saturated rings. The fourth-order valence-electron chi connectivity index (χ4n) is 1.45. The van der Waals surface area contributed by atoms with Crippen molar-refractivity contribution in [3.8, 4) is 0 Å². The molecule has 0 amide bonds. The molecule has 0 atom stereocenters. The highest BCUT2D eigenvalue weighted by atomic mass is 79.9. The summed E-state index contributed by atoms with van der Waals surface area (Å²) < 4.78 is 1.07. The Hall–Kier alpha value is -1.55. The van der Waals surface area contributed by atoms with Crippen LogP contribution in [0.2, 0.25) is 0 Å². The van der Waals surface area contributed by atoms with Crippen molar-refractivity contribution >= 4 is 33.0 Å². The first-order valence-electron chi connectivity index (χ1n) is 4.89. The van der Waals surface area contributed by atoms with Crippen LogP contribution in [-0.2, 0) is 0 Å². The van der Waals surface area contributed by atoms with E-state index in [-0.39, 0.29) is 0 Å². The molecule has 1 heterocycles. The average molecular weight is 278 g/mol. The summed E-state index contributed by atoms with van der Waals surface area (Å²) in [6.07, 6.45) is 3.37. The molecule has 0 saturated heterocycles. The highest BCUT2D eigenvalue weighted by Crippen LogP contribution is 2.23. The van der Waals surface area contributed by atoms with Crippen molar-refractivity contribution in [3.05, 3.63) is 46.7 Å². The lowest BCUT2D eigenvalue weighted by Crippen LogP contribution is -1.95. The molecule has 0 radical (unpaired) electrons. The first kappa shape index (κ1) is 11.0. The monoisotopic (exact) mass is 277 g/mol. The summed E-state index contributed by atoms with van der Waals surface area (Å²) in [6, 6.07) is 7.92. The second-order valence-electron chi connectivity index (χ2n) is 3.59. The van der Waals surface area contributed by atoms with Gasteiger partial charge in [-0.25, -0.2) is 0 Å². The van der Waals surface area contributed by atoms with Crippen molar-refractivity contribution in [1.29, 1.82) is 0 Å². The van der Waals surface area contributed by atoms with Crippen molar-refractivity contribution in [2.45, 2.75) is 6.92 Å². The lowest BCUT2D eigenvalue weighted by molar-refractivity contribution is 1.32. The highest BCUT2D eigenvalue weighted by Gasteiger charge is 2.00. The van der Waals surface area contributed by atoms with Gasteiger partial charge in [0.2, 0.25) is 0 Å². The van der Waals surface area contributed by atoms with E-state index in [1.54, 1.807) is 12.4 Å². The van der Waals surface area contributed by atoms with E-state index >= 15 is 0 Å². The molecule has 4 heteroatoms. The number of pyridine rings is 1. The summed E-state index contributed by atoms with van der Waals surface area (Å²) in [5.41, 5.74) is 9.43. The van der Waals surface area contributed by atoms with E-state index < -0.39 is 0 Å². The van der Waals surface area contributed by atoms with Crippen LogP contribution in [0.4, 0.5) is 17.1 Å². The number of hydrogen-bond acceptors (Lipinski definition) is 3. The molecule has 0 spiro atoms. The second-order valence-corrected chi connectivity index (χ2v) is 4.51. The fraction of sp³-hybridized carbons (Fsp3) is 0.0833. The van der Waals surface area contributed by atoms with Gasteiger partial charge in [0.1, 0.15) is 0 Å². The molecular formula is C12H12BrN3. The lowest BCUT2D eigenvalue weighted by atomic mass is 10.2. The first-order valence-corrected chi connectivity index (χ1v) is 5.68. The van der Waals surface area contributed by atoms with Crippen LogP contribution in [0, 0.1) is 6.92 Å². The maximum atomic E-state index is 5.66. The maximum absolute atomic E-state index is 5.66. The van der Waals surface area contributed by atoms with Gasteiger partial charge in [-0.2, -0.15) is 0 Å². The molecule has 0 saturated carbocycles. The summed E-state index contributed by atoms with van der Waals surface area (Å²) >= 11 is 3.43. The van der Waals surface area contributed by atoms with E-state index in [2.05, 4.69) is 32.3 Å². The number of halogens is 1. The van der Waals surface area contributed by atoms with Crippen molar-refractivity contribution in [1.82, 2.24) is 4.98 Å². The van der Waals surface area contributed by atoms with Gasteiger partial charge in [-0.05, 0) is 36.8 Å². The minimum absolute atomic E-state index is 0.653. The topological polar surface area (TPSA) is 50.9 Å². The van der Waals surface area contributed by atoms with Crippen LogP contribution >= 0.6 is 15.9 Å². The van der Waals surface area contributed by atoms with Crippen molar-refractivity contribution in [2.75, 3.05) is 11.1 Å². The molecule has 3 N–H and O–H groups in total. The largest absolute Gasteiger partial charge is 0.397 e. The Morgan fingerprint density at radius 3 is 2.75 bits per heavy atom. The minimum atomic E-state index is 0.653. The van der Waals surface area contributed by atoms with Gasteiger partial charge in [-0.1, -0.05) is 15.9 Å². The molecule has 3 nitrogen and oxygen atoms in total. The molecule has 2 rings (SSSR count). The van der Waals surface area contributed by atoms with E-state index in [0.29, 0.717) is 5.69 Å². The lowest BCUT2D eigenvalue weighted by Gasteiger charge is -2.09. The number of benzene rings is 1. The molecule has 0 aliphatic rings. The van der Waals surface area contributed by atoms with E-state index in [1.165, 1.54) is 0 Å². The van der Waals surface area contributed by atoms with Crippen LogP contribution in [0.3, 0.4) is 0 Å². The average Bonchev–Trinajstić information content (AvgIpc) is 2.22. The van der Waals surface area contributed by atoms with Crippen LogP contribution in [0.15, 0.2) is 41.1 Å². The van der Waals surface area contributed by atoms with Gasteiger partial charge in [0.15, 0.2) is 0 Å². The van der Waals surface area contributed by atoms with E-state index in [4.69, 9.17) is 5.73 Å². The second kappa shape index (κ2) is 4.53. The van der Waals surface area contributed by atoms with Gasteiger partial charge >= 0.3 is 0 Å². The quantitative estimate of drug-likeness (QED) is 0.884. The van der Waals surface area contributed by atoms with E-state index in [0.717, 1.165) is 21.4 Å². The Labute approximate surface area is 103 Å². The van der Waals surface area contributed by atoms with Crippen LogP contribution in [0.1, 0.15) is 5.56 Å². The van der Waals surface area contributed by atoms with Crippen molar-refractivity contribution in [3.63, 3.8) is 0 Å². The van der Waals surface area contributed by atoms with E-state index in [1.807, 2.05) is 25.1 Å². The summed E-state index contributed by atoms with van der Waals surface area (Å²) in [5.74, 6) is 0. The summed E-state index contributed by atoms with van der Waals surface area (Å²) in [5, 5.41) is 3.28. The number of nitrogens with zero attached hydrogens (tertiary/aromatic N) is 1. The van der Waals surface area contributed by atoms with Gasteiger partial charge in [0, 0.05) is 16.4 Å². The first-order chi connectivity index (χ1) is 7.65. The normalized spacial score (nSPS) is 10.1. The number of hydrogen-bond donors (Lipinski definition) is 2. The van der Waals surface area contributed by atoms with Gasteiger partial charge in [0.25, 0.3) is 0 Å². The maximum Gasteiger partial charge on any atom is 0.0591 e. The van der Waals surface area contributed by atoms with Gasteiger partial charge in [-0.15, -0.1) is 0 Å². The third-order valence-electron chi connectivity index (χ3n) is 2.23. The third kappa shape index (κ3) is 2.52. The molecule has 0 aliphatic heterocycles. The predicted molar refractivity (Wildman–Crippen MR) is 70.8 cm³/mol. The SMILES string of the molecule is Cc1cc(Br)ccc1Nc1cncc(N)c1. The van der Waals surface area contributed by atoms with Crippen LogP contribution in [-0.4, -0.2) is 4.98 Å². The zero-order valence-corrected chi connectivity index (χ0v) is 10.5. The number of nitrogens with one attached hydrogen (secondary N) is 1. The Morgan fingerprint density at radius 1 is 1.25 bits per heavy atom. The van der Waals surface area contributed by atoms with Gasteiger partial charge < -0.3 is 11.1 Å². The highest BCUT2D eigenvalue weighted by molar-refractivity contribution is 9.10. The predicted octanol–water partition coefficient (Wildman–Crippen LogP) is 3.48. The minimum Gasteiger partial charge on any atom is -0.397 e. The Bertz CT molecular complexity index is 511. The molecule has 82 valence electrons. The van der Waals surface area contributed by atoms with Crippen LogP contribution in [0.5, 0.6) is 0 Å². The molecule has 2 aromatic rings. The standard InChI is InChI=1S/C12H12BrN3/c1-8-4-9(13)2-3-12(8)16-11-5-10(14)6-15-7-11/h2-7,16H,14H2,1H3. The Morgan fingerprint density at radius 2 is 2.06 bits per heavy atom. The molecule has 0 unspecified atom stereocenters. The number of nitrogen functional groups attached to an aromatic ring is 1. The van der Waals surface area contributed by atoms with Crippen LogP contribution in [0.25, 0.3) is 0 Å². The summed E-state index contributed by atoms with van der Waals surface area (Å²) in [6.45, 7) is 2.05. The summed E-state index contributed by atoms with van der Waals surface area (Å²) in [7, 11) is 0. The number of rotatable bonds is 2. The van der Waals surface area contributed by atoms with Crippen LogP contribution < -0.4 is 11.1 Å². The third-order valence-corrected chi connectivity index (χ3v) is 2.72. The summed E-state index contributed by atoms with van der Waals surface area (Å²) in [4.78, 5) is 4.03. The smallest absolute Gasteiger partial charge is 0.0591 e. The van der Waals surface area contributed by atoms with Gasteiger partial charge in [0.05, 0.1) is 17.6 Å². The van der Waals surface area contributed by atoms with E-state index in [9.17, 15) is 0 Å². The number of nitrogens with two attached hydrogens (primary N) is 1. The molecule has 1 aromatic carbocycles. The Balaban J connectivity index is 2.27. The Kier molecular flexibility index (Phi) is 3.10. The molecule has 0 aliphatic carbocycles. The molecular weight excluding hydrogens is 266 g/mol. The number of anilines is 3. The molecule has 1 aromatic heterocycles. The fourth-order valence-corrected chi connectivity index (χ4v) is 1.92. The zero-order chi connectivity index (χ0) is 11.5. The van der Waals surface area contributed by atoms with Crippen molar-refractivity contribution in [2.24, 2.45) is 0 Å². The van der Waals surface area contributed by atoms with Crippen molar-refractivity contribution < 1.29 is 0 Å². The zero-order valence-electron chi connectivity index (χ0n) is 8.87. The number of aryl methyl sites for hydroxylation is 1. The molecule has 16 heavy (non-hydrogen) atoms. The number of aromatic nitrogens is 1. The van der Waals surface area contributed by atoms with Gasteiger partial charge in [-0.3, -0.25) is 4.98 Å². The molecule has 0 bridgehead atoms.